The molecule has 1 N–H and O–H groups in total. The summed E-state index contributed by atoms with van der Waals surface area (Å²) in [4.78, 5) is 10.5. The summed E-state index contributed by atoms with van der Waals surface area (Å²) in [6.45, 7) is 3.72. The van der Waals surface area contributed by atoms with Crippen LogP contribution in [0.5, 0.6) is 0 Å². The molecule has 2 aromatic rings. The van der Waals surface area contributed by atoms with Crippen LogP contribution in [0, 0.1) is 17.0 Å². The lowest BCUT2D eigenvalue weighted by atomic mass is 10.1. The molecule has 1 aromatic heterocycles. The van der Waals surface area contributed by atoms with E-state index in [1.807, 2.05) is 24.4 Å². The van der Waals surface area contributed by atoms with E-state index in [4.69, 9.17) is 11.6 Å². The molecule has 0 aliphatic carbocycles. The second kappa shape index (κ2) is 5.59. The number of nitrogens with zero attached hydrogens (tertiary/aromatic N) is 1. The predicted octanol–water partition coefficient (Wildman–Crippen LogP) is 4.79. The Labute approximate surface area is 120 Å². The van der Waals surface area contributed by atoms with Crippen LogP contribution in [0.3, 0.4) is 0 Å². The molecular formula is C13H13ClN2O2S. The molecule has 1 aromatic carbocycles. The van der Waals surface area contributed by atoms with Gasteiger partial charge in [-0.05, 0) is 36.9 Å². The highest BCUT2D eigenvalue weighted by molar-refractivity contribution is 7.14. The van der Waals surface area contributed by atoms with E-state index in [1.54, 1.807) is 19.1 Å². The average molecular weight is 297 g/mol. The minimum atomic E-state index is -0.368. The van der Waals surface area contributed by atoms with Gasteiger partial charge in [0.15, 0.2) is 0 Å². The number of aryl methyl sites for hydroxylation is 1. The van der Waals surface area contributed by atoms with E-state index in [0.717, 1.165) is 15.6 Å². The highest BCUT2D eigenvalue weighted by Gasteiger charge is 2.13. The summed E-state index contributed by atoms with van der Waals surface area (Å²) in [5.41, 5.74) is 2.58. The van der Waals surface area contributed by atoms with Crippen molar-refractivity contribution in [3.8, 4) is 0 Å². The maximum Gasteiger partial charge on any atom is 0.274 e. The number of anilines is 1. The first-order valence-corrected chi connectivity index (χ1v) is 6.98. The minimum Gasteiger partial charge on any atom is -0.378 e. The highest BCUT2D eigenvalue weighted by Crippen LogP contribution is 2.29. The Morgan fingerprint density at radius 3 is 2.74 bits per heavy atom. The van der Waals surface area contributed by atoms with Crippen LogP contribution in [0.1, 0.15) is 24.1 Å². The molecule has 0 radical (unpaired) electrons. The molecule has 0 amide bonds. The third kappa shape index (κ3) is 3.24. The molecular weight excluding hydrogens is 284 g/mol. The van der Waals surface area contributed by atoms with E-state index in [-0.39, 0.29) is 16.7 Å². The number of rotatable bonds is 4. The summed E-state index contributed by atoms with van der Waals surface area (Å²) in [5, 5.41) is 16.1. The number of nitro benzene ring substituents is 1. The van der Waals surface area contributed by atoms with Crippen LogP contribution in [-0.4, -0.2) is 4.92 Å². The molecule has 0 bridgehead atoms. The van der Waals surface area contributed by atoms with Crippen molar-refractivity contribution < 1.29 is 4.92 Å². The van der Waals surface area contributed by atoms with Gasteiger partial charge in [-0.15, -0.1) is 11.3 Å². The van der Waals surface area contributed by atoms with Gasteiger partial charge in [-0.25, -0.2) is 0 Å². The number of hydrogen-bond donors (Lipinski definition) is 1. The Morgan fingerprint density at radius 2 is 2.16 bits per heavy atom. The average Bonchev–Trinajstić information content (AvgIpc) is 2.78. The lowest BCUT2D eigenvalue weighted by Crippen LogP contribution is -2.06. The van der Waals surface area contributed by atoms with Crippen LogP contribution in [0.4, 0.5) is 11.4 Å². The number of halogens is 1. The normalized spacial score (nSPS) is 12.2. The Kier molecular flexibility index (Phi) is 4.07. The van der Waals surface area contributed by atoms with Gasteiger partial charge in [0, 0.05) is 23.4 Å². The zero-order valence-corrected chi connectivity index (χ0v) is 12.1. The van der Waals surface area contributed by atoms with Crippen molar-refractivity contribution in [1.29, 1.82) is 0 Å². The van der Waals surface area contributed by atoms with Crippen LogP contribution < -0.4 is 5.32 Å². The molecule has 1 atom stereocenters. The van der Waals surface area contributed by atoms with E-state index in [2.05, 4.69) is 5.32 Å². The van der Waals surface area contributed by atoms with Gasteiger partial charge in [0.2, 0.25) is 0 Å². The molecule has 1 unspecified atom stereocenters. The molecule has 0 saturated heterocycles. The van der Waals surface area contributed by atoms with Gasteiger partial charge in [0.25, 0.3) is 5.69 Å². The van der Waals surface area contributed by atoms with E-state index < -0.39 is 0 Å². The van der Waals surface area contributed by atoms with E-state index >= 15 is 0 Å². The van der Waals surface area contributed by atoms with Gasteiger partial charge in [-0.1, -0.05) is 17.7 Å². The van der Waals surface area contributed by atoms with Gasteiger partial charge in [-0.2, -0.15) is 0 Å². The summed E-state index contributed by atoms with van der Waals surface area (Å²) < 4.78 is 0.735. The zero-order valence-electron chi connectivity index (χ0n) is 10.5. The molecule has 0 fully saturated rings. The standard InChI is InChI=1S/C13H13ClN2O2S/c1-8-3-4-11(6-12(8)16(17)18)15-9(2)10-5-13(14)19-7-10/h3-7,9,15H,1-2H3. The summed E-state index contributed by atoms with van der Waals surface area (Å²) in [5.74, 6) is 0. The molecule has 100 valence electrons. The van der Waals surface area contributed by atoms with Crippen LogP contribution in [0.25, 0.3) is 0 Å². The molecule has 2 rings (SSSR count). The summed E-state index contributed by atoms with van der Waals surface area (Å²) >= 11 is 7.37. The van der Waals surface area contributed by atoms with Crippen LogP contribution in [-0.2, 0) is 0 Å². The van der Waals surface area contributed by atoms with Crippen molar-refractivity contribution in [2.45, 2.75) is 19.9 Å². The van der Waals surface area contributed by atoms with Gasteiger partial charge in [0.05, 0.1) is 9.26 Å². The first kappa shape index (κ1) is 13.8. The van der Waals surface area contributed by atoms with Gasteiger partial charge >= 0.3 is 0 Å². The summed E-state index contributed by atoms with van der Waals surface area (Å²) in [6.07, 6.45) is 0. The molecule has 6 heteroatoms. The third-order valence-electron chi connectivity index (χ3n) is 2.88. The Balaban J connectivity index is 2.19. The van der Waals surface area contributed by atoms with Gasteiger partial charge in [-0.3, -0.25) is 10.1 Å². The van der Waals surface area contributed by atoms with Crippen molar-refractivity contribution in [3.05, 3.63) is 55.2 Å². The molecule has 4 nitrogen and oxygen atoms in total. The van der Waals surface area contributed by atoms with E-state index in [9.17, 15) is 10.1 Å². The second-order valence-electron chi connectivity index (χ2n) is 4.31. The Hall–Kier alpha value is -1.59. The fraction of sp³-hybridized carbons (Fsp3) is 0.231. The quantitative estimate of drug-likeness (QED) is 0.652. The third-order valence-corrected chi connectivity index (χ3v) is 3.99. The largest absolute Gasteiger partial charge is 0.378 e. The molecule has 0 aliphatic rings. The Morgan fingerprint density at radius 1 is 1.42 bits per heavy atom. The monoisotopic (exact) mass is 296 g/mol. The highest BCUT2D eigenvalue weighted by atomic mass is 35.5. The fourth-order valence-corrected chi connectivity index (χ4v) is 2.76. The summed E-state index contributed by atoms with van der Waals surface area (Å²) in [6, 6.07) is 7.08. The topological polar surface area (TPSA) is 55.2 Å². The molecule has 0 saturated carbocycles. The second-order valence-corrected chi connectivity index (χ2v) is 5.85. The number of benzene rings is 1. The first-order valence-electron chi connectivity index (χ1n) is 5.73. The Bertz CT molecular complexity index is 612. The molecule has 19 heavy (non-hydrogen) atoms. The van der Waals surface area contributed by atoms with Crippen molar-refractivity contribution in [2.75, 3.05) is 5.32 Å². The molecule has 1 heterocycles. The summed E-state index contributed by atoms with van der Waals surface area (Å²) in [7, 11) is 0. The van der Waals surface area contributed by atoms with E-state index in [0.29, 0.717) is 5.56 Å². The lowest BCUT2D eigenvalue weighted by molar-refractivity contribution is -0.385. The number of nitrogens with one attached hydrogen (secondary N) is 1. The molecule has 0 aliphatic heterocycles. The van der Waals surface area contributed by atoms with Gasteiger partial charge in [0.1, 0.15) is 0 Å². The smallest absolute Gasteiger partial charge is 0.274 e. The number of nitro groups is 1. The van der Waals surface area contributed by atoms with Crippen molar-refractivity contribution in [3.63, 3.8) is 0 Å². The number of hydrogen-bond acceptors (Lipinski definition) is 4. The maximum atomic E-state index is 10.9. The van der Waals surface area contributed by atoms with Crippen molar-refractivity contribution >= 4 is 34.3 Å². The minimum absolute atomic E-state index is 0.0473. The van der Waals surface area contributed by atoms with E-state index in [1.165, 1.54) is 11.3 Å². The van der Waals surface area contributed by atoms with Crippen LogP contribution in [0.2, 0.25) is 4.34 Å². The SMILES string of the molecule is Cc1ccc(NC(C)c2csc(Cl)c2)cc1[N+](=O)[O-]. The number of thiophene rings is 1. The van der Waals surface area contributed by atoms with Crippen LogP contribution in [0.15, 0.2) is 29.6 Å². The van der Waals surface area contributed by atoms with Crippen LogP contribution >= 0.6 is 22.9 Å². The first-order chi connectivity index (χ1) is 8.97. The van der Waals surface area contributed by atoms with Crippen molar-refractivity contribution in [1.82, 2.24) is 0 Å². The maximum absolute atomic E-state index is 10.9. The van der Waals surface area contributed by atoms with Gasteiger partial charge < -0.3 is 5.32 Å². The predicted molar refractivity (Wildman–Crippen MR) is 79.2 cm³/mol. The zero-order chi connectivity index (χ0) is 14.0. The fourth-order valence-electron chi connectivity index (χ4n) is 1.78. The molecule has 0 spiro atoms. The van der Waals surface area contributed by atoms with Crippen molar-refractivity contribution in [2.24, 2.45) is 0 Å². The lowest BCUT2D eigenvalue weighted by Gasteiger charge is -2.14.